The Morgan fingerprint density at radius 3 is 1.01 bits per heavy atom. The first kappa shape index (κ1) is 46.1. The molecule has 3 aliphatic carbocycles. The fraction of sp³-hybridized carbons (Fsp3) is 0.312. The third-order valence-corrected chi connectivity index (χ3v) is 17.3. The second-order valence-corrected chi connectivity index (χ2v) is 24.0. The van der Waals surface area contributed by atoms with Gasteiger partial charge in [-0.05, 0) is 198 Å². The van der Waals surface area contributed by atoms with Crippen LogP contribution in [0.1, 0.15) is 130 Å². The monoisotopic (exact) mass is 982 g/mol. The van der Waals surface area contributed by atoms with E-state index in [2.05, 4.69) is 123 Å². The van der Waals surface area contributed by atoms with E-state index >= 15 is 0 Å². The van der Waals surface area contributed by atoms with Crippen molar-refractivity contribution in [3.8, 4) is 5.69 Å². The minimum Gasteiger partial charge on any atom is -0.449 e. The van der Waals surface area contributed by atoms with Crippen LogP contribution >= 0.6 is 0 Å². The van der Waals surface area contributed by atoms with Gasteiger partial charge in [-0.15, -0.1) is 0 Å². The first-order valence-electron chi connectivity index (χ1n) is 25.8. The molecule has 4 heterocycles. The van der Waals surface area contributed by atoms with Gasteiger partial charge in [-0.25, -0.2) is 4.57 Å². The van der Waals surface area contributed by atoms with Crippen LogP contribution in [0.2, 0.25) is 0 Å². The molecule has 11 aromatic rings. The van der Waals surface area contributed by atoms with E-state index in [4.69, 9.17) is 17.7 Å². The standard InChI is InChI=1S/C64H58N2O8/c1-29(2)63-41-19-35-17-15-16-18-36(35)20-42(41)64(30(3)4,46-28-54-53(27-45(46)63)73-49-23-39-40(24-50(49)74-54)60(70)66(59(39)69)62(12,13)14)44-26-52-51(25-43(44)63)71-47-21-37-38(22-48(47)72-52)58(68)65(57(37)67)56-33(7)31(5)55(61(9,10)11)32(6)34(56)8/h15-30H,1-14H3. The van der Waals surface area contributed by atoms with Crippen LogP contribution < -0.4 is 22.2 Å². The van der Waals surface area contributed by atoms with Gasteiger partial charge in [-0.3, -0.25) is 23.7 Å². The molecule has 14 rings (SSSR count). The minimum absolute atomic E-state index is 0.0279. The topological polar surface area (TPSA) is 131 Å². The van der Waals surface area contributed by atoms with Crippen LogP contribution in [-0.4, -0.2) is 9.13 Å². The maximum atomic E-state index is 14.6. The lowest BCUT2D eigenvalue weighted by Crippen LogP contribution is -2.55. The Bertz CT molecular complexity index is 4390. The summed E-state index contributed by atoms with van der Waals surface area (Å²) in [5, 5.41) is 3.35. The summed E-state index contributed by atoms with van der Waals surface area (Å²) in [6, 6.07) is 28.3. The average molecular weight is 983 g/mol. The Kier molecular flexibility index (Phi) is 9.05. The van der Waals surface area contributed by atoms with Crippen LogP contribution in [0.25, 0.3) is 82.7 Å². The second kappa shape index (κ2) is 14.5. The molecule has 10 nitrogen and oxygen atoms in total. The molecule has 7 aromatic carbocycles. The lowest BCUT2D eigenvalue weighted by molar-refractivity contribution is 0.325. The smallest absolute Gasteiger partial charge is 0.266 e. The van der Waals surface area contributed by atoms with Gasteiger partial charge in [-0.1, -0.05) is 72.7 Å². The number of rotatable bonds is 3. The summed E-state index contributed by atoms with van der Waals surface area (Å²) in [5.74, 6) is -0.0558. The van der Waals surface area contributed by atoms with Gasteiger partial charge in [0.1, 0.15) is 0 Å². The van der Waals surface area contributed by atoms with Crippen LogP contribution in [0, 0.1) is 39.5 Å². The van der Waals surface area contributed by atoms with Crippen molar-refractivity contribution in [3.05, 3.63) is 188 Å². The molecule has 2 atom stereocenters. The molecule has 372 valence electrons. The zero-order chi connectivity index (χ0) is 52.4. The Hall–Kier alpha value is -7.72. The zero-order valence-electron chi connectivity index (χ0n) is 44.4. The lowest BCUT2D eigenvalue weighted by atomic mass is 9.42. The maximum absolute atomic E-state index is 14.6. The molecule has 0 amide bonds. The highest BCUT2D eigenvalue weighted by Gasteiger charge is 2.61. The fourth-order valence-corrected chi connectivity index (χ4v) is 14.2. The first-order valence-corrected chi connectivity index (χ1v) is 25.8. The van der Waals surface area contributed by atoms with Gasteiger partial charge >= 0.3 is 0 Å². The Balaban J connectivity index is 1.10. The largest absolute Gasteiger partial charge is 0.449 e. The summed E-state index contributed by atoms with van der Waals surface area (Å²) in [7, 11) is 0. The normalized spacial score (nSPS) is 17.6. The molecule has 0 radical (unpaired) electrons. The highest BCUT2D eigenvalue weighted by atomic mass is 16.4. The summed E-state index contributed by atoms with van der Waals surface area (Å²) < 4.78 is 30.1. The van der Waals surface area contributed by atoms with Crippen LogP contribution in [0.4, 0.5) is 0 Å². The summed E-state index contributed by atoms with van der Waals surface area (Å²) in [6.45, 7) is 29.3. The SMILES string of the molecule is Cc1c(C)c(C(C)(C)C)c(C)c(C)c1-n1c(=O)c2cc3oc4cc5c(cc4oc3cc2c1=O)C1(C(C)C)c2cc3ccccc3cc2C5(C(C)C)c2cc3oc4cc5c(=O)n(C(C)(C)C)c(=O)c5cc4oc3cc21. The van der Waals surface area contributed by atoms with Crippen molar-refractivity contribution in [2.24, 2.45) is 11.8 Å². The number of benzene rings is 7. The molecule has 0 aliphatic heterocycles. The Labute approximate surface area is 425 Å². The molecule has 3 aliphatic rings. The quantitative estimate of drug-likeness (QED) is 0.160. The van der Waals surface area contributed by atoms with Gasteiger partial charge in [0.2, 0.25) is 0 Å². The number of hydrogen-bond donors (Lipinski definition) is 0. The molecule has 0 saturated heterocycles. The summed E-state index contributed by atoms with van der Waals surface area (Å²) in [4.78, 5) is 56.8. The molecule has 74 heavy (non-hydrogen) atoms. The van der Waals surface area contributed by atoms with Crippen molar-refractivity contribution in [1.29, 1.82) is 0 Å². The summed E-state index contributed by atoms with van der Waals surface area (Å²) in [5.41, 5.74) is 12.0. The number of hydrogen-bond acceptors (Lipinski definition) is 8. The van der Waals surface area contributed by atoms with Crippen LogP contribution in [0.5, 0.6) is 0 Å². The van der Waals surface area contributed by atoms with E-state index in [1.54, 1.807) is 24.3 Å². The van der Waals surface area contributed by atoms with Crippen LogP contribution in [-0.2, 0) is 21.8 Å². The summed E-state index contributed by atoms with van der Waals surface area (Å²) >= 11 is 0. The summed E-state index contributed by atoms with van der Waals surface area (Å²) in [6.07, 6.45) is 0. The van der Waals surface area contributed by atoms with E-state index in [1.807, 2.05) is 34.6 Å². The van der Waals surface area contributed by atoms with Gasteiger partial charge in [0, 0.05) is 16.4 Å². The third kappa shape index (κ3) is 5.55. The van der Waals surface area contributed by atoms with Gasteiger partial charge in [0.05, 0.1) is 27.2 Å². The first-order chi connectivity index (χ1) is 34.9. The van der Waals surface area contributed by atoms with Gasteiger partial charge in [-0.2, -0.15) is 0 Å². The highest BCUT2D eigenvalue weighted by Crippen LogP contribution is 2.67. The van der Waals surface area contributed by atoms with Gasteiger partial charge in [0.25, 0.3) is 22.2 Å². The molecular weight excluding hydrogens is 925 g/mol. The number of aromatic nitrogens is 2. The molecule has 2 unspecified atom stereocenters. The van der Waals surface area contributed by atoms with Crippen molar-refractivity contribution in [2.75, 3.05) is 0 Å². The van der Waals surface area contributed by atoms with Crippen molar-refractivity contribution < 1.29 is 17.7 Å². The van der Waals surface area contributed by atoms with Crippen molar-refractivity contribution >= 4 is 77.0 Å². The van der Waals surface area contributed by atoms with E-state index in [-0.39, 0.29) is 49.9 Å². The Morgan fingerprint density at radius 1 is 0.419 bits per heavy atom. The number of fused-ring (bicyclic) bond motifs is 7. The molecule has 2 bridgehead atoms. The maximum Gasteiger partial charge on any atom is 0.266 e. The van der Waals surface area contributed by atoms with Crippen LogP contribution in [0.3, 0.4) is 0 Å². The van der Waals surface area contributed by atoms with Gasteiger partial charge in [0.15, 0.2) is 44.7 Å². The molecule has 10 heteroatoms. The zero-order valence-corrected chi connectivity index (χ0v) is 44.4. The van der Waals surface area contributed by atoms with Crippen molar-refractivity contribution in [1.82, 2.24) is 9.13 Å². The van der Waals surface area contributed by atoms with E-state index in [0.29, 0.717) is 50.4 Å². The molecule has 0 saturated carbocycles. The molecule has 0 N–H and O–H groups in total. The van der Waals surface area contributed by atoms with E-state index in [0.717, 1.165) is 55.3 Å². The number of nitrogens with zero attached hydrogens (tertiary/aromatic N) is 2. The van der Waals surface area contributed by atoms with Gasteiger partial charge < -0.3 is 17.7 Å². The Morgan fingerprint density at radius 2 is 0.716 bits per heavy atom. The molecule has 0 spiro atoms. The average Bonchev–Trinajstić information content (AvgIpc) is 3.83. The fourth-order valence-electron chi connectivity index (χ4n) is 14.2. The van der Waals surface area contributed by atoms with Crippen LogP contribution in [0.15, 0.2) is 122 Å². The predicted octanol–water partition coefficient (Wildman–Crippen LogP) is 14.1. The highest BCUT2D eigenvalue weighted by molar-refractivity contribution is 5.98. The third-order valence-electron chi connectivity index (χ3n) is 17.3. The predicted molar refractivity (Wildman–Crippen MR) is 295 cm³/mol. The molecular formula is C64H58N2O8. The molecule has 4 aromatic heterocycles. The van der Waals surface area contributed by atoms with E-state index in [9.17, 15) is 19.2 Å². The van der Waals surface area contributed by atoms with Crippen molar-refractivity contribution in [3.63, 3.8) is 0 Å². The second-order valence-electron chi connectivity index (χ2n) is 24.0. The van der Waals surface area contributed by atoms with E-state index in [1.165, 1.54) is 25.8 Å². The van der Waals surface area contributed by atoms with E-state index < -0.39 is 27.5 Å². The van der Waals surface area contributed by atoms with Crippen molar-refractivity contribution in [2.45, 2.75) is 119 Å². The lowest BCUT2D eigenvalue weighted by Gasteiger charge is -2.59. The molecule has 0 fully saturated rings. The minimum atomic E-state index is -0.763.